The third-order valence-electron chi connectivity index (χ3n) is 5.91. The van der Waals surface area contributed by atoms with Gasteiger partial charge in [-0.05, 0) is 61.7 Å². The fourth-order valence-corrected chi connectivity index (χ4v) is 4.07. The van der Waals surface area contributed by atoms with Gasteiger partial charge in [0.15, 0.2) is 17.3 Å². The molecule has 172 valence electrons. The van der Waals surface area contributed by atoms with Gasteiger partial charge in [0.05, 0.1) is 13.7 Å². The number of nitrogens with one attached hydrogen (secondary N) is 1. The molecule has 0 bridgehead atoms. The van der Waals surface area contributed by atoms with Gasteiger partial charge in [-0.25, -0.2) is 4.39 Å². The molecule has 1 aliphatic heterocycles. The highest BCUT2D eigenvalue weighted by Crippen LogP contribution is 2.30. The number of H-pyrrole nitrogens is 1. The zero-order chi connectivity index (χ0) is 23.4. The van der Waals surface area contributed by atoms with Crippen LogP contribution >= 0.6 is 0 Å². The maximum Gasteiger partial charge on any atom is 0.222 e. The van der Waals surface area contributed by atoms with Crippen molar-refractivity contribution in [2.24, 2.45) is 0 Å². The second kappa shape index (κ2) is 9.90. The second-order valence-electron chi connectivity index (χ2n) is 8.09. The summed E-state index contributed by atoms with van der Waals surface area (Å²) < 4.78 is 24.5. The molecule has 0 radical (unpaired) electrons. The number of aromatic nitrogens is 1. The van der Waals surface area contributed by atoms with Gasteiger partial charge in [0.25, 0.3) is 0 Å². The Balaban J connectivity index is 1.28. The molecule has 1 aliphatic rings. The predicted molar refractivity (Wildman–Crippen MR) is 125 cm³/mol. The summed E-state index contributed by atoms with van der Waals surface area (Å²) in [4.78, 5) is 29.1. The van der Waals surface area contributed by atoms with Crippen molar-refractivity contribution < 1.29 is 23.5 Å². The number of hydrogen-bond donors (Lipinski definition) is 1. The summed E-state index contributed by atoms with van der Waals surface area (Å²) in [5, 5.41) is 0.992. The molecule has 1 N–H and O–H groups in total. The van der Waals surface area contributed by atoms with Crippen LogP contribution < -0.4 is 9.47 Å². The molecular weight excluding hydrogens is 423 g/mol. The van der Waals surface area contributed by atoms with E-state index >= 15 is 0 Å². The largest absolute Gasteiger partial charge is 0.493 e. The second-order valence-corrected chi connectivity index (χ2v) is 8.09. The normalized spacial score (nSPS) is 13.7. The van der Waals surface area contributed by atoms with Crippen LogP contribution in [0.25, 0.3) is 16.5 Å². The Bertz CT molecular complexity index is 1210. The number of Topliss-reactive ketones (excluding diaryl/α,β-unsaturated/α-hetero) is 1. The Morgan fingerprint density at radius 2 is 2.00 bits per heavy atom. The summed E-state index contributed by atoms with van der Waals surface area (Å²) in [6.45, 7) is 3.09. The maximum atomic E-state index is 13.4. The van der Waals surface area contributed by atoms with Crippen LogP contribution in [0.5, 0.6) is 11.5 Å². The summed E-state index contributed by atoms with van der Waals surface area (Å²) in [6.07, 6.45) is 5.71. The lowest BCUT2D eigenvalue weighted by Crippen LogP contribution is -2.34. The van der Waals surface area contributed by atoms with E-state index in [0.29, 0.717) is 49.6 Å². The van der Waals surface area contributed by atoms with Gasteiger partial charge in [-0.15, -0.1) is 0 Å². The van der Waals surface area contributed by atoms with Crippen molar-refractivity contribution >= 4 is 28.2 Å². The van der Waals surface area contributed by atoms with Crippen molar-refractivity contribution in [3.8, 4) is 11.5 Å². The Morgan fingerprint density at radius 1 is 1.15 bits per heavy atom. The molecule has 3 aromatic rings. The van der Waals surface area contributed by atoms with Gasteiger partial charge in [0.1, 0.15) is 5.82 Å². The van der Waals surface area contributed by atoms with E-state index in [2.05, 4.69) is 11.1 Å². The molecule has 0 fully saturated rings. The molecule has 4 rings (SSSR count). The number of fused-ring (bicyclic) bond motifs is 1. The molecule has 7 heteroatoms. The van der Waals surface area contributed by atoms with E-state index in [-0.39, 0.29) is 17.5 Å². The molecule has 2 heterocycles. The first-order valence-electron chi connectivity index (χ1n) is 11.0. The number of ether oxygens (including phenoxy) is 2. The highest BCUT2D eigenvalue weighted by molar-refractivity contribution is 5.95. The van der Waals surface area contributed by atoms with E-state index in [1.807, 2.05) is 11.1 Å². The van der Waals surface area contributed by atoms with E-state index in [1.54, 1.807) is 24.3 Å². The van der Waals surface area contributed by atoms with Crippen LogP contribution in [0.15, 0.2) is 48.7 Å². The fourth-order valence-electron chi connectivity index (χ4n) is 4.07. The molecule has 0 saturated carbocycles. The highest BCUT2D eigenvalue weighted by Gasteiger charge is 2.19. The van der Waals surface area contributed by atoms with Crippen molar-refractivity contribution in [3.05, 3.63) is 65.6 Å². The zero-order valence-corrected chi connectivity index (χ0v) is 18.8. The first-order valence-corrected chi connectivity index (χ1v) is 11.0. The first kappa shape index (κ1) is 22.6. The number of amides is 1. The molecule has 0 atom stereocenters. The Morgan fingerprint density at radius 3 is 2.73 bits per heavy atom. The Kier molecular flexibility index (Phi) is 6.77. The third-order valence-corrected chi connectivity index (χ3v) is 5.91. The summed E-state index contributed by atoms with van der Waals surface area (Å²) >= 11 is 0. The van der Waals surface area contributed by atoms with Gasteiger partial charge in [0.2, 0.25) is 5.91 Å². The monoisotopic (exact) mass is 450 g/mol. The number of aromatic amines is 1. The molecule has 33 heavy (non-hydrogen) atoms. The topological polar surface area (TPSA) is 71.6 Å². The lowest BCUT2D eigenvalue weighted by atomic mass is 9.98. The number of ketones is 1. The van der Waals surface area contributed by atoms with Crippen LogP contribution in [0, 0.1) is 5.82 Å². The molecular formula is C26H27FN2O4. The summed E-state index contributed by atoms with van der Waals surface area (Å²) in [7, 11) is 1.53. The van der Waals surface area contributed by atoms with E-state index < -0.39 is 0 Å². The Labute approximate surface area is 192 Å². The minimum absolute atomic E-state index is 0.0391. The van der Waals surface area contributed by atoms with Crippen molar-refractivity contribution in [1.82, 2.24) is 9.88 Å². The molecule has 0 saturated heterocycles. The van der Waals surface area contributed by atoms with Crippen LogP contribution in [0.1, 0.15) is 42.1 Å². The van der Waals surface area contributed by atoms with E-state index in [0.717, 1.165) is 22.9 Å². The number of carbonyl (C=O) groups excluding carboxylic acids is 2. The highest BCUT2D eigenvalue weighted by atomic mass is 19.1. The third kappa shape index (κ3) is 5.08. The van der Waals surface area contributed by atoms with Crippen molar-refractivity contribution in [3.63, 3.8) is 0 Å². The van der Waals surface area contributed by atoms with Crippen LogP contribution in [0.4, 0.5) is 4.39 Å². The van der Waals surface area contributed by atoms with Gasteiger partial charge < -0.3 is 19.4 Å². The molecule has 0 unspecified atom stereocenters. The van der Waals surface area contributed by atoms with Gasteiger partial charge in [0, 0.05) is 47.7 Å². The minimum atomic E-state index is -0.263. The standard InChI is InChI=1S/C26H27FN2O4/c1-17(30)19-5-8-24(25(14-19)32-2)33-13-3-4-26(31)29-11-9-18(10-12-29)22-16-28-23-15-20(27)6-7-21(22)23/h5-9,14-16,28H,3-4,10-13H2,1-2H3. The molecule has 2 aromatic carbocycles. The van der Waals surface area contributed by atoms with Gasteiger partial charge in [-0.2, -0.15) is 0 Å². The summed E-state index contributed by atoms with van der Waals surface area (Å²) in [5.41, 5.74) is 3.57. The van der Waals surface area contributed by atoms with Crippen molar-refractivity contribution in [2.75, 3.05) is 26.8 Å². The predicted octanol–water partition coefficient (Wildman–Crippen LogP) is 4.99. The van der Waals surface area contributed by atoms with Crippen LogP contribution in [-0.2, 0) is 4.79 Å². The number of rotatable bonds is 8. The smallest absolute Gasteiger partial charge is 0.222 e. The van der Waals surface area contributed by atoms with Gasteiger partial charge in [-0.3, -0.25) is 9.59 Å². The average molecular weight is 451 g/mol. The van der Waals surface area contributed by atoms with Crippen LogP contribution in [0.2, 0.25) is 0 Å². The quantitative estimate of drug-likeness (QED) is 0.388. The molecule has 1 amide bonds. The van der Waals surface area contributed by atoms with Gasteiger partial charge in [-0.1, -0.05) is 6.08 Å². The summed E-state index contributed by atoms with van der Waals surface area (Å²) in [5.74, 6) is 0.846. The maximum absolute atomic E-state index is 13.4. The molecule has 0 spiro atoms. The number of hydrogen-bond acceptors (Lipinski definition) is 4. The Hall–Kier alpha value is -3.61. The van der Waals surface area contributed by atoms with Crippen LogP contribution in [0.3, 0.4) is 0 Å². The molecule has 6 nitrogen and oxygen atoms in total. The number of halogens is 1. The molecule has 0 aliphatic carbocycles. The molecule has 1 aromatic heterocycles. The van der Waals surface area contributed by atoms with Crippen LogP contribution in [-0.4, -0.2) is 48.4 Å². The SMILES string of the molecule is COc1cc(C(C)=O)ccc1OCCCC(=O)N1CC=C(c2c[nH]c3cc(F)ccc23)CC1. The lowest BCUT2D eigenvalue weighted by molar-refractivity contribution is -0.131. The number of benzene rings is 2. The van der Waals surface area contributed by atoms with E-state index in [1.165, 1.54) is 31.7 Å². The lowest BCUT2D eigenvalue weighted by Gasteiger charge is -2.26. The van der Waals surface area contributed by atoms with E-state index in [9.17, 15) is 14.0 Å². The number of carbonyl (C=O) groups is 2. The fraction of sp³-hybridized carbons (Fsp3) is 0.308. The number of nitrogens with zero attached hydrogens (tertiary/aromatic N) is 1. The van der Waals surface area contributed by atoms with E-state index in [4.69, 9.17) is 9.47 Å². The summed E-state index contributed by atoms with van der Waals surface area (Å²) in [6, 6.07) is 9.82. The average Bonchev–Trinajstić information content (AvgIpc) is 3.24. The minimum Gasteiger partial charge on any atom is -0.493 e. The zero-order valence-electron chi connectivity index (χ0n) is 18.8. The van der Waals surface area contributed by atoms with Crippen molar-refractivity contribution in [1.29, 1.82) is 0 Å². The van der Waals surface area contributed by atoms with Gasteiger partial charge >= 0.3 is 0 Å². The number of methoxy groups -OCH3 is 1. The first-order chi connectivity index (χ1) is 16.0. The van der Waals surface area contributed by atoms with Crippen molar-refractivity contribution in [2.45, 2.75) is 26.2 Å².